The normalized spacial score (nSPS) is 11.3. The molecule has 5 heteroatoms. The smallest absolute Gasteiger partial charge is 0.407 e. The molecule has 0 unspecified atom stereocenters. The maximum absolute atomic E-state index is 11.5. The third-order valence-corrected chi connectivity index (χ3v) is 2.75. The number of alkyl carbamates (subject to hydrolysis) is 1. The van der Waals surface area contributed by atoms with Crippen LogP contribution in [0.1, 0.15) is 42.3 Å². The van der Waals surface area contributed by atoms with Gasteiger partial charge < -0.3 is 14.8 Å². The van der Waals surface area contributed by atoms with E-state index >= 15 is 0 Å². The molecule has 0 saturated carbocycles. The number of esters is 1. The van der Waals surface area contributed by atoms with E-state index in [1.165, 1.54) is 7.11 Å². The van der Waals surface area contributed by atoms with Gasteiger partial charge in [-0.25, -0.2) is 9.59 Å². The maximum atomic E-state index is 11.5. The molecule has 0 fully saturated rings. The summed E-state index contributed by atoms with van der Waals surface area (Å²) in [6.07, 6.45) is 3.26. The van der Waals surface area contributed by atoms with Crippen LogP contribution in [0.5, 0.6) is 0 Å². The third kappa shape index (κ3) is 5.99. The van der Waals surface area contributed by atoms with Crippen LogP contribution in [0.25, 0.3) is 6.08 Å². The summed E-state index contributed by atoms with van der Waals surface area (Å²) in [6, 6.07) is 5.32. The van der Waals surface area contributed by atoms with Gasteiger partial charge in [0.2, 0.25) is 0 Å². The molecule has 1 aromatic rings. The number of aryl methyl sites for hydroxylation is 1. The summed E-state index contributed by atoms with van der Waals surface area (Å²) >= 11 is 0. The minimum absolute atomic E-state index is 0.356. The second-order valence-electron chi connectivity index (χ2n) is 5.85. The highest BCUT2D eigenvalue weighted by Gasteiger charge is 2.15. The Kier molecular flexibility index (Phi) is 6.16. The van der Waals surface area contributed by atoms with Crippen molar-refractivity contribution in [3.63, 3.8) is 0 Å². The molecule has 1 rings (SSSR count). The fourth-order valence-corrected chi connectivity index (χ4v) is 1.75. The van der Waals surface area contributed by atoms with Gasteiger partial charge in [-0.15, -0.1) is 0 Å². The number of nitrogens with one attached hydrogen (secondary N) is 1. The van der Waals surface area contributed by atoms with E-state index < -0.39 is 11.7 Å². The minimum atomic E-state index is -0.506. The number of hydrogen-bond donors (Lipinski definition) is 1. The Hall–Kier alpha value is -2.30. The zero-order chi connectivity index (χ0) is 16.8. The van der Waals surface area contributed by atoms with Gasteiger partial charge in [0.05, 0.1) is 12.7 Å². The lowest BCUT2D eigenvalue weighted by Crippen LogP contribution is -2.32. The molecule has 1 aromatic carbocycles. The predicted molar refractivity (Wildman–Crippen MR) is 85.8 cm³/mol. The molecular formula is C17H23NO4. The molecule has 0 bridgehead atoms. The maximum Gasteiger partial charge on any atom is 0.407 e. The van der Waals surface area contributed by atoms with E-state index in [1.807, 2.05) is 45.9 Å². The number of hydrogen-bond acceptors (Lipinski definition) is 4. The van der Waals surface area contributed by atoms with Gasteiger partial charge >= 0.3 is 12.1 Å². The number of carbonyl (C=O) groups is 2. The lowest BCUT2D eigenvalue weighted by molar-refractivity contribution is 0.0532. The van der Waals surface area contributed by atoms with Crippen LogP contribution in [0.2, 0.25) is 0 Å². The zero-order valence-corrected chi connectivity index (χ0v) is 13.7. The molecule has 0 aliphatic carbocycles. The Bertz CT molecular complexity index is 571. The van der Waals surface area contributed by atoms with Gasteiger partial charge in [-0.3, -0.25) is 0 Å². The van der Waals surface area contributed by atoms with Crippen LogP contribution < -0.4 is 5.32 Å². The van der Waals surface area contributed by atoms with Crippen molar-refractivity contribution in [2.75, 3.05) is 13.7 Å². The molecule has 1 amide bonds. The molecule has 120 valence electrons. The van der Waals surface area contributed by atoms with Gasteiger partial charge in [0, 0.05) is 6.54 Å². The quantitative estimate of drug-likeness (QED) is 0.867. The fourth-order valence-electron chi connectivity index (χ4n) is 1.75. The van der Waals surface area contributed by atoms with E-state index in [0.29, 0.717) is 12.1 Å². The molecule has 0 heterocycles. The van der Waals surface area contributed by atoms with Crippen LogP contribution >= 0.6 is 0 Å². The molecule has 0 radical (unpaired) electrons. The highest BCUT2D eigenvalue weighted by atomic mass is 16.6. The van der Waals surface area contributed by atoms with Crippen molar-refractivity contribution in [1.29, 1.82) is 0 Å². The molecule has 0 aliphatic rings. The molecule has 1 N–H and O–H groups in total. The summed E-state index contributed by atoms with van der Waals surface area (Å²) in [5.41, 5.74) is 1.94. The molecule has 0 spiro atoms. The third-order valence-electron chi connectivity index (χ3n) is 2.75. The number of carbonyl (C=O) groups excluding carboxylic acids is 2. The van der Waals surface area contributed by atoms with Crippen LogP contribution in [0.4, 0.5) is 4.79 Å². The summed E-state index contributed by atoms with van der Waals surface area (Å²) in [4.78, 5) is 22.9. The highest BCUT2D eigenvalue weighted by molar-refractivity contribution is 5.89. The van der Waals surface area contributed by atoms with Crippen LogP contribution in [0.15, 0.2) is 24.3 Å². The summed E-state index contributed by atoms with van der Waals surface area (Å²) in [5.74, 6) is -0.356. The molecule has 0 saturated heterocycles. The predicted octanol–water partition coefficient (Wildman–Crippen LogP) is 3.32. The average Bonchev–Trinajstić information content (AvgIpc) is 2.42. The summed E-state index contributed by atoms with van der Waals surface area (Å²) in [5, 5.41) is 2.65. The van der Waals surface area contributed by atoms with Gasteiger partial charge in [0.1, 0.15) is 5.60 Å². The van der Waals surface area contributed by atoms with Gasteiger partial charge in [0.15, 0.2) is 0 Å². The van der Waals surface area contributed by atoms with E-state index in [4.69, 9.17) is 4.74 Å². The van der Waals surface area contributed by atoms with Crippen LogP contribution in [-0.2, 0) is 9.47 Å². The van der Waals surface area contributed by atoms with E-state index in [2.05, 4.69) is 10.1 Å². The zero-order valence-electron chi connectivity index (χ0n) is 13.7. The molecule has 0 aliphatic heterocycles. The lowest BCUT2D eigenvalue weighted by Gasteiger charge is -2.19. The Morgan fingerprint density at radius 1 is 1.27 bits per heavy atom. The Balaban J connectivity index is 2.57. The summed E-state index contributed by atoms with van der Waals surface area (Å²) < 4.78 is 9.81. The van der Waals surface area contributed by atoms with Crippen molar-refractivity contribution in [2.24, 2.45) is 0 Å². The highest BCUT2D eigenvalue weighted by Crippen LogP contribution is 2.13. The van der Waals surface area contributed by atoms with Crippen LogP contribution in [0.3, 0.4) is 0 Å². The Morgan fingerprint density at radius 2 is 1.95 bits per heavy atom. The summed E-state index contributed by atoms with van der Waals surface area (Å²) in [7, 11) is 1.35. The first-order valence-corrected chi connectivity index (χ1v) is 7.05. The molecule has 22 heavy (non-hydrogen) atoms. The van der Waals surface area contributed by atoms with Gasteiger partial charge in [-0.1, -0.05) is 18.2 Å². The topological polar surface area (TPSA) is 64.6 Å². The van der Waals surface area contributed by atoms with Crippen molar-refractivity contribution < 1.29 is 19.1 Å². The van der Waals surface area contributed by atoms with E-state index in [-0.39, 0.29) is 5.97 Å². The molecular weight excluding hydrogens is 282 g/mol. The van der Waals surface area contributed by atoms with E-state index in [0.717, 1.165) is 11.1 Å². The number of amides is 1. The van der Waals surface area contributed by atoms with E-state index in [9.17, 15) is 9.59 Å². The van der Waals surface area contributed by atoms with Crippen molar-refractivity contribution in [2.45, 2.75) is 33.3 Å². The Morgan fingerprint density at radius 3 is 2.50 bits per heavy atom. The first-order valence-electron chi connectivity index (χ1n) is 7.05. The number of ether oxygens (including phenoxy) is 2. The number of methoxy groups -OCH3 is 1. The molecule has 0 aromatic heterocycles. The van der Waals surface area contributed by atoms with Crippen molar-refractivity contribution in [1.82, 2.24) is 5.32 Å². The SMILES string of the molecule is COC(=O)c1ccc(C=CCNC(=O)OC(C)(C)C)c(C)c1. The Labute approximate surface area is 131 Å². The van der Waals surface area contributed by atoms with Gasteiger partial charge in [0.25, 0.3) is 0 Å². The number of benzene rings is 1. The second kappa shape index (κ2) is 7.64. The fraction of sp³-hybridized carbons (Fsp3) is 0.412. The van der Waals surface area contributed by atoms with Crippen molar-refractivity contribution in [3.05, 3.63) is 41.0 Å². The largest absolute Gasteiger partial charge is 0.465 e. The summed E-state index contributed by atoms with van der Waals surface area (Å²) in [6.45, 7) is 7.72. The lowest BCUT2D eigenvalue weighted by atomic mass is 10.0. The first-order chi connectivity index (χ1) is 10.2. The van der Waals surface area contributed by atoms with Gasteiger partial charge in [-0.2, -0.15) is 0 Å². The molecule has 5 nitrogen and oxygen atoms in total. The first kappa shape index (κ1) is 17.8. The monoisotopic (exact) mass is 305 g/mol. The van der Waals surface area contributed by atoms with Crippen molar-refractivity contribution in [3.8, 4) is 0 Å². The minimum Gasteiger partial charge on any atom is -0.465 e. The van der Waals surface area contributed by atoms with E-state index in [1.54, 1.807) is 12.1 Å². The average molecular weight is 305 g/mol. The van der Waals surface area contributed by atoms with Crippen molar-refractivity contribution >= 4 is 18.1 Å². The number of rotatable bonds is 4. The second-order valence-corrected chi connectivity index (χ2v) is 5.85. The van der Waals surface area contributed by atoms with Crippen LogP contribution in [-0.4, -0.2) is 31.3 Å². The van der Waals surface area contributed by atoms with Gasteiger partial charge in [-0.05, 0) is 51.0 Å². The van der Waals surface area contributed by atoms with Crippen LogP contribution in [0, 0.1) is 6.92 Å². The molecule has 0 atom stereocenters. The standard InChI is InChI=1S/C17H23NO4/c1-12-11-14(15(19)21-5)9-8-13(12)7-6-10-18-16(20)22-17(2,3)4/h6-9,11H,10H2,1-5H3,(H,18,20).